The van der Waals surface area contributed by atoms with Crippen molar-refractivity contribution in [1.29, 1.82) is 0 Å². The minimum Gasteiger partial charge on any atom is -0.497 e. The molecule has 0 saturated heterocycles. The third kappa shape index (κ3) is 6.55. The van der Waals surface area contributed by atoms with E-state index in [-0.39, 0.29) is 5.97 Å². The molecule has 0 amide bonds. The van der Waals surface area contributed by atoms with Gasteiger partial charge in [-0.05, 0) is 59.5 Å². The molecule has 0 aliphatic heterocycles. The number of ether oxygens (including phenoxy) is 2. The summed E-state index contributed by atoms with van der Waals surface area (Å²) in [4.78, 5) is 16.1. The molecule has 0 radical (unpaired) electrons. The maximum absolute atomic E-state index is 11.7. The molecular weight excluding hydrogens is 326 g/mol. The van der Waals surface area contributed by atoms with Gasteiger partial charge in [-0.3, -0.25) is 4.99 Å². The van der Waals surface area contributed by atoms with Crippen LogP contribution in [0.2, 0.25) is 0 Å². The normalized spacial score (nSPS) is 12.4. The highest BCUT2D eigenvalue weighted by atomic mass is 16.5. The zero-order chi connectivity index (χ0) is 18.8. The van der Waals surface area contributed by atoms with Gasteiger partial charge in [0.15, 0.2) is 0 Å². The van der Waals surface area contributed by atoms with E-state index in [1.54, 1.807) is 19.4 Å². The van der Waals surface area contributed by atoms with Crippen molar-refractivity contribution < 1.29 is 14.3 Å². The molecule has 0 aromatic heterocycles. The standard InChI is InChI=1S/C22H25NO3/c1-4-17(2)16-26-22(24)14-9-18-5-10-20(11-6-18)23-15-19-7-12-21(25-3)13-8-19/h5-15,17H,4,16H2,1-3H3/b14-9+,23-15?. The molecule has 0 bridgehead atoms. The molecule has 0 aliphatic carbocycles. The maximum Gasteiger partial charge on any atom is 0.330 e. The Labute approximate surface area is 155 Å². The summed E-state index contributed by atoms with van der Waals surface area (Å²) >= 11 is 0. The SMILES string of the molecule is CCC(C)COC(=O)/C=C/c1ccc(N=Cc2ccc(OC)cc2)cc1. The predicted molar refractivity (Wildman–Crippen MR) is 106 cm³/mol. The van der Waals surface area contributed by atoms with Crippen LogP contribution >= 0.6 is 0 Å². The first kappa shape index (κ1) is 19.4. The van der Waals surface area contributed by atoms with Gasteiger partial charge in [0.1, 0.15) is 5.75 Å². The van der Waals surface area contributed by atoms with Crippen molar-refractivity contribution in [3.8, 4) is 5.75 Å². The van der Waals surface area contributed by atoms with E-state index in [9.17, 15) is 4.79 Å². The van der Waals surface area contributed by atoms with Crippen molar-refractivity contribution in [2.45, 2.75) is 20.3 Å². The second-order valence-electron chi connectivity index (χ2n) is 6.10. The Morgan fingerprint density at radius 3 is 2.35 bits per heavy atom. The topological polar surface area (TPSA) is 47.9 Å². The summed E-state index contributed by atoms with van der Waals surface area (Å²) in [6, 6.07) is 15.3. The summed E-state index contributed by atoms with van der Waals surface area (Å²) in [5, 5.41) is 0. The highest BCUT2D eigenvalue weighted by Crippen LogP contribution is 2.15. The first-order valence-electron chi connectivity index (χ1n) is 8.73. The average Bonchev–Trinajstić information content (AvgIpc) is 2.70. The predicted octanol–water partition coefficient (Wildman–Crippen LogP) is 5.05. The highest BCUT2D eigenvalue weighted by Gasteiger charge is 2.02. The van der Waals surface area contributed by atoms with Gasteiger partial charge in [0.05, 0.1) is 19.4 Å². The molecule has 4 heteroatoms. The Kier molecular flexibility index (Phi) is 7.62. The second-order valence-corrected chi connectivity index (χ2v) is 6.10. The quantitative estimate of drug-likeness (QED) is 0.380. The summed E-state index contributed by atoms with van der Waals surface area (Å²) in [6.07, 6.45) is 6.00. The lowest BCUT2D eigenvalue weighted by atomic mass is 10.1. The molecule has 0 spiro atoms. The van der Waals surface area contributed by atoms with Crippen molar-refractivity contribution in [1.82, 2.24) is 0 Å². The molecule has 0 heterocycles. The van der Waals surface area contributed by atoms with Gasteiger partial charge >= 0.3 is 5.97 Å². The number of aliphatic imine (C=N–C) groups is 1. The van der Waals surface area contributed by atoms with Gasteiger partial charge in [-0.2, -0.15) is 0 Å². The number of hydrogen-bond donors (Lipinski definition) is 0. The number of carbonyl (C=O) groups is 1. The average molecular weight is 351 g/mol. The third-order valence-electron chi connectivity index (χ3n) is 3.99. The smallest absolute Gasteiger partial charge is 0.330 e. The van der Waals surface area contributed by atoms with Crippen LogP contribution in [0.5, 0.6) is 5.75 Å². The lowest BCUT2D eigenvalue weighted by Crippen LogP contribution is -2.08. The summed E-state index contributed by atoms with van der Waals surface area (Å²) < 4.78 is 10.3. The number of benzene rings is 2. The van der Waals surface area contributed by atoms with Crippen LogP contribution in [0.1, 0.15) is 31.4 Å². The lowest BCUT2D eigenvalue weighted by molar-refractivity contribution is -0.138. The first-order valence-corrected chi connectivity index (χ1v) is 8.73. The van der Waals surface area contributed by atoms with Gasteiger partial charge in [0.2, 0.25) is 0 Å². The van der Waals surface area contributed by atoms with Gasteiger partial charge in [-0.15, -0.1) is 0 Å². The number of nitrogens with zero attached hydrogens (tertiary/aromatic N) is 1. The molecule has 0 aliphatic rings. The van der Waals surface area contributed by atoms with E-state index < -0.39 is 0 Å². The lowest BCUT2D eigenvalue weighted by Gasteiger charge is -2.07. The summed E-state index contributed by atoms with van der Waals surface area (Å²) in [5.74, 6) is 0.892. The van der Waals surface area contributed by atoms with Gasteiger partial charge in [0, 0.05) is 12.3 Å². The first-order chi connectivity index (χ1) is 12.6. The molecule has 2 rings (SSSR count). The second kappa shape index (κ2) is 10.2. The molecule has 1 unspecified atom stereocenters. The monoisotopic (exact) mass is 351 g/mol. The molecule has 0 fully saturated rings. The summed E-state index contributed by atoms with van der Waals surface area (Å²) in [5.41, 5.74) is 2.77. The minimum atomic E-state index is -0.313. The van der Waals surface area contributed by atoms with Crippen molar-refractivity contribution in [2.75, 3.05) is 13.7 Å². The van der Waals surface area contributed by atoms with Crippen molar-refractivity contribution in [3.05, 3.63) is 65.7 Å². The Morgan fingerprint density at radius 1 is 1.08 bits per heavy atom. The number of esters is 1. The minimum absolute atomic E-state index is 0.313. The van der Waals surface area contributed by atoms with Gasteiger partial charge in [0.25, 0.3) is 0 Å². The number of carbonyl (C=O) groups excluding carboxylic acids is 1. The van der Waals surface area contributed by atoms with Gasteiger partial charge in [-0.1, -0.05) is 32.4 Å². The van der Waals surface area contributed by atoms with Crippen molar-refractivity contribution >= 4 is 23.9 Å². The van der Waals surface area contributed by atoms with E-state index in [0.29, 0.717) is 12.5 Å². The van der Waals surface area contributed by atoms with Gasteiger partial charge in [-0.25, -0.2) is 4.79 Å². The van der Waals surface area contributed by atoms with E-state index in [4.69, 9.17) is 9.47 Å². The van der Waals surface area contributed by atoms with Crippen molar-refractivity contribution in [3.63, 3.8) is 0 Å². The molecule has 26 heavy (non-hydrogen) atoms. The molecule has 2 aromatic carbocycles. The van der Waals surface area contributed by atoms with Crippen molar-refractivity contribution in [2.24, 2.45) is 10.9 Å². The fourth-order valence-corrected chi connectivity index (χ4v) is 2.07. The van der Waals surface area contributed by atoms with Crippen LogP contribution in [0, 0.1) is 5.92 Å². The van der Waals surface area contributed by atoms with Crippen LogP contribution in [0.3, 0.4) is 0 Å². The molecule has 0 saturated carbocycles. The Balaban J connectivity index is 1.89. The highest BCUT2D eigenvalue weighted by molar-refractivity contribution is 5.87. The Morgan fingerprint density at radius 2 is 1.73 bits per heavy atom. The van der Waals surface area contributed by atoms with Crippen LogP contribution in [-0.4, -0.2) is 25.9 Å². The molecule has 0 N–H and O–H groups in total. The van der Waals surface area contributed by atoms with Crippen LogP contribution in [0.15, 0.2) is 59.6 Å². The summed E-state index contributed by atoms with van der Waals surface area (Å²) in [6.45, 7) is 4.59. The largest absolute Gasteiger partial charge is 0.497 e. The maximum atomic E-state index is 11.7. The van der Waals surface area contributed by atoms with E-state index in [1.807, 2.05) is 48.5 Å². The van der Waals surface area contributed by atoms with E-state index in [1.165, 1.54) is 6.08 Å². The molecular formula is C22H25NO3. The van der Waals surface area contributed by atoms with Crippen LogP contribution in [0.4, 0.5) is 5.69 Å². The number of rotatable bonds is 8. The third-order valence-corrected chi connectivity index (χ3v) is 3.99. The number of methoxy groups -OCH3 is 1. The number of hydrogen-bond acceptors (Lipinski definition) is 4. The summed E-state index contributed by atoms with van der Waals surface area (Å²) in [7, 11) is 1.64. The zero-order valence-corrected chi connectivity index (χ0v) is 15.5. The van der Waals surface area contributed by atoms with E-state index in [0.717, 1.165) is 29.0 Å². The molecule has 4 nitrogen and oxygen atoms in total. The Bertz CT molecular complexity index is 746. The fourth-order valence-electron chi connectivity index (χ4n) is 2.07. The van der Waals surface area contributed by atoms with E-state index >= 15 is 0 Å². The zero-order valence-electron chi connectivity index (χ0n) is 15.5. The van der Waals surface area contributed by atoms with Crippen LogP contribution < -0.4 is 4.74 Å². The van der Waals surface area contributed by atoms with E-state index in [2.05, 4.69) is 18.8 Å². The molecule has 2 aromatic rings. The van der Waals surface area contributed by atoms with Gasteiger partial charge < -0.3 is 9.47 Å². The fraction of sp³-hybridized carbons (Fsp3) is 0.273. The molecule has 1 atom stereocenters. The van der Waals surface area contributed by atoms with Crippen LogP contribution in [-0.2, 0) is 9.53 Å². The Hall–Kier alpha value is -2.88. The van der Waals surface area contributed by atoms with Crippen LogP contribution in [0.25, 0.3) is 6.08 Å². The molecule has 136 valence electrons.